The Labute approximate surface area is 275 Å². The maximum absolute atomic E-state index is 15.0. The molecule has 0 saturated carbocycles. The number of nitrogens with zero attached hydrogens (tertiary/aromatic N) is 4. The number of likely N-dealkylation sites (N-methyl/N-ethyl adjacent to an activating group) is 1. The van der Waals surface area contributed by atoms with Crippen molar-refractivity contribution < 1.29 is 23.4 Å². The maximum atomic E-state index is 15.0. The Kier molecular flexibility index (Phi) is 11.2. The third-order valence-corrected chi connectivity index (χ3v) is 8.14. The molecule has 1 saturated heterocycles. The van der Waals surface area contributed by atoms with Crippen LogP contribution in [0.2, 0.25) is 0 Å². The molecule has 10 nitrogen and oxygen atoms in total. The summed E-state index contributed by atoms with van der Waals surface area (Å²) in [5, 5.41) is 6.00. The number of hydrogen-bond donors (Lipinski definition) is 2. The summed E-state index contributed by atoms with van der Waals surface area (Å²) in [6.45, 7) is 11.1. The van der Waals surface area contributed by atoms with Crippen molar-refractivity contribution in [1.29, 1.82) is 0 Å². The average Bonchev–Trinajstić information content (AvgIpc) is 3.05. The molecule has 47 heavy (non-hydrogen) atoms. The van der Waals surface area contributed by atoms with Crippen molar-refractivity contribution in [3.05, 3.63) is 88.9 Å². The van der Waals surface area contributed by atoms with Gasteiger partial charge in [-0.15, -0.1) is 0 Å². The molecule has 1 aromatic heterocycles. The number of halogens is 1. The number of amides is 1. The minimum Gasteiger partial charge on any atom is -0.493 e. The summed E-state index contributed by atoms with van der Waals surface area (Å²) in [6.07, 6.45) is 3.26. The number of rotatable bonds is 13. The quantitative estimate of drug-likeness (QED) is 0.167. The van der Waals surface area contributed by atoms with Crippen molar-refractivity contribution >= 4 is 23.2 Å². The third-order valence-electron chi connectivity index (χ3n) is 8.14. The van der Waals surface area contributed by atoms with Gasteiger partial charge in [0.15, 0.2) is 23.1 Å². The summed E-state index contributed by atoms with van der Waals surface area (Å²) in [5.74, 6) is 0.260. The first kappa shape index (κ1) is 33.6. The molecule has 0 spiro atoms. The fourth-order valence-electron chi connectivity index (χ4n) is 5.38. The van der Waals surface area contributed by atoms with Gasteiger partial charge in [0.05, 0.1) is 7.11 Å². The van der Waals surface area contributed by atoms with Crippen molar-refractivity contribution in [2.75, 3.05) is 64.1 Å². The van der Waals surface area contributed by atoms with Gasteiger partial charge in [-0.3, -0.25) is 9.69 Å². The van der Waals surface area contributed by atoms with E-state index in [0.29, 0.717) is 29.5 Å². The van der Waals surface area contributed by atoms with Crippen LogP contribution in [0, 0.1) is 19.7 Å². The molecule has 3 aromatic carbocycles. The summed E-state index contributed by atoms with van der Waals surface area (Å²) >= 11 is 0. The second-order valence-electron chi connectivity index (χ2n) is 11.7. The van der Waals surface area contributed by atoms with Gasteiger partial charge in [0.1, 0.15) is 12.2 Å². The summed E-state index contributed by atoms with van der Waals surface area (Å²) in [6, 6.07) is 16.0. The van der Waals surface area contributed by atoms with E-state index in [-0.39, 0.29) is 23.1 Å². The number of hydrogen-bond acceptors (Lipinski definition) is 9. The molecule has 2 heterocycles. The number of nitrogens with one attached hydrogen (secondary N) is 2. The Balaban J connectivity index is 1.36. The van der Waals surface area contributed by atoms with Crippen LogP contribution in [0.25, 0.3) is 0 Å². The van der Waals surface area contributed by atoms with E-state index >= 15 is 4.39 Å². The number of para-hydroxylation sites is 1. The molecule has 0 atom stereocenters. The van der Waals surface area contributed by atoms with Crippen molar-refractivity contribution in [1.82, 2.24) is 19.8 Å². The van der Waals surface area contributed by atoms with Crippen LogP contribution in [0.5, 0.6) is 23.1 Å². The molecule has 4 aromatic rings. The Morgan fingerprint density at radius 2 is 1.72 bits per heavy atom. The minimum atomic E-state index is -0.508. The standard InChI is InChI=1S/C36H43FN6O4/c1-6-8-26-11-13-31(32(21-26)45-5)47-35-28(34(44)40-33-24(2)9-7-10-25(33)3)23-38-36(41-35)39-27-12-14-30(29(37)22-27)46-20-19-43-17-15-42(4)16-18-43/h7,9-14,21-23H,6,8,15-20H2,1-5H3,(H,40,44)(H,38,39,41). The van der Waals surface area contributed by atoms with E-state index in [9.17, 15) is 4.79 Å². The van der Waals surface area contributed by atoms with Crippen LogP contribution >= 0.6 is 0 Å². The van der Waals surface area contributed by atoms with Crippen LogP contribution in [0.15, 0.2) is 60.8 Å². The number of methoxy groups -OCH3 is 1. The van der Waals surface area contributed by atoms with Gasteiger partial charge in [-0.1, -0.05) is 37.6 Å². The second-order valence-corrected chi connectivity index (χ2v) is 11.7. The number of ether oxygens (including phenoxy) is 3. The molecule has 1 aliphatic heterocycles. The highest BCUT2D eigenvalue weighted by molar-refractivity contribution is 6.06. The van der Waals surface area contributed by atoms with Gasteiger partial charge in [-0.25, -0.2) is 9.37 Å². The van der Waals surface area contributed by atoms with Gasteiger partial charge < -0.3 is 29.7 Å². The van der Waals surface area contributed by atoms with E-state index in [1.807, 2.05) is 44.2 Å². The third kappa shape index (κ3) is 8.75. The molecule has 1 fully saturated rings. The topological polar surface area (TPSA) is 101 Å². The summed E-state index contributed by atoms with van der Waals surface area (Å²) < 4.78 is 32.6. The zero-order valence-corrected chi connectivity index (χ0v) is 27.7. The van der Waals surface area contributed by atoms with E-state index in [0.717, 1.165) is 62.3 Å². The molecular formula is C36H43FN6O4. The highest BCUT2D eigenvalue weighted by Crippen LogP contribution is 2.34. The minimum absolute atomic E-state index is 0.0112. The normalized spacial score (nSPS) is 13.7. The molecule has 2 N–H and O–H groups in total. The summed E-state index contributed by atoms with van der Waals surface area (Å²) in [7, 11) is 3.67. The number of carbonyl (C=O) groups is 1. The Morgan fingerprint density at radius 1 is 0.979 bits per heavy atom. The number of aromatic nitrogens is 2. The van der Waals surface area contributed by atoms with E-state index in [1.165, 1.54) is 12.3 Å². The largest absolute Gasteiger partial charge is 0.493 e. The van der Waals surface area contributed by atoms with Gasteiger partial charge in [0.2, 0.25) is 11.8 Å². The first-order valence-electron chi connectivity index (χ1n) is 15.9. The van der Waals surface area contributed by atoms with Crippen LogP contribution < -0.4 is 24.8 Å². The molecular weight excluding hydrogens is 599 g/mol. The lowest BCUT2D eigenvalue weighted by atomic mass is 10.1. The molecule has 1 amide bonds. The zero-order chi connectivity index (χ0) is 33.3. The number of aryl methyl sites for hydroxylation is 3. The van der Waals surface area contributed by atoms with E-state index in [1.54, 1.807) is 25.3 Å². The lowest BCUT2D eigenvalue weighted by Gasteiger charge is -2.32. The Hall–Kier alpha value is -4.74. The van der Waals surface area contributed by atoms with Crippen LogP contribution in [-0.2, 0) is 6.42 Å². The van der Waals surface area contributed by atoms with Gasteiger partial charge in [-0.05, 0) is 68.3 Å². The smallest absolute Gasteiger partial charge is 0.262 e. The van der Waals surface area contributed by atoms with Crippen LogP contribution in [0.1, 0.15) is 40.4 Å². The molecule has 11 heteroatoms. The average molecular weight is 643 g/mol. The highest BCUT2D eigenvalue weighted by Gasteiger charge is 2.21. The molecule has 0 unspecified atom stereocenters. The molecule has 5 rings (SSSR count). The summed E-state index contributed by atoms with van der Waals surface area (Å²) in [5.41, 5.74) is 4.17. The van der Waals surface area contributed by atoms with Gasteiger partial charge in [0, 0.05) is 56.4 Å². The van der Waals surface area contributed by atoms with Gasteiger partial charge >= 0.3 is 0 Å². The van der Waals surface area contributed by atoms with Crippen LogP contribution in [0.3, 0.4) is 0 Å². The number of carbonyl (C=O) groups excluding carboxylic acids is 1. The number of anilines is 3. The second kappa shape index (κ2) is 15.7. The lowest BCUT2D eigenvalue weighted by molar-refractivity contribution is 0.102. The fraction of sp³-hybridized carbons (Fsp3) is 0.361. The molecule has 1 aliphatic rings. The van der Waals surface area contributed by atoms with Crippen molar-refractivity contribution in [3.63, 3.8) is 0 Å². The monoisotopic (exact) mass is 642 g/mol. The Morgan fingerprint density at radius 3 is 2.43 bits per heavy atom. The molecule has 0 radical (unpaired) electrons. The SMILES string of the molecule is CCCc1ccc(Oc2nc(Nc3ccc(OCCN4CCN(C)CC4)c(F)c3)ncc2C(=O)Nc2c(C)cccc2C)c(OC)c1. The first-order valence-corrected chi connectivity index (χ1v) is 15.9. The Bertz CT molecular complexity index is 1670. The molecule has 0 bridgehead atoms. The van der Waals surface area contributed by atoms with E-state index in [2.05, 4.69) is 44.4 Å². The van der Waals surface area contributed by atoms with Crippen LogP contribution in [0.4, 0.5) is 21.7 Å². The summed E-state index contributed by atoms with van der Waals surface area (Å²) in [4.78, 5) is 27.1. The fourth-order valence-corrected chi connectivity index (χ4v) is 5.38. The highest BCUT2D eigenvalue weighted by atomic mass is 19.1. The van der Waals surface area contributed by atoms with Crippen molar-refractivity contribution in [3.8, 4) is 23.1 Å². The number of piperazine rings is 1. The van der Waals surface area contributed by atoms with Gasteiger partial charge in [-0.2, -0.15) is 4.98 Å². The van der Waals surface area contributed by atoms with Crippen molar-refractivity contribution in [2.45, 2.75) is 33.6 Å². The van der Waals surface area contributed by atoms with E-state index < -0.39 is 11.7 Å². The first-order chi connectivity index (χ1) is 22.7. The predicted molar refractivity (Wildman–Crippen MR) is 182 cm³/mol. The predicted octanol–water partition coefficient (Wildman–Crippen LogP) is 6.61. The van der Waals surface area contributed by atoms with Crippen LogP contribution in [-0.4, -0.2) is 79.2 Å². The molecule has 248 valence electrons. The molecule has 0 aliphatic carbocycles. The lowest BCUT2D eigenvalue weighted by Crippen LogP contribution is -2.45. The number of benzene rings is 3. The van der Waals surface area contributed by atoms with E-state index in [4.69, 9.17) is 14.2 Å². The van der Waals surface area contributed by atoms with Gasteiger partial charge in [0.25, 0.3) is 5.91 Å². The maximum Gasteiger partial charge on any atom is 0.262 e. The van der Waals surface area contributed by atoms with Crippen molar-refractivity contribution in [2.24, 2.45) is 0 Å². The zero-order valence-electron chi connectivity index (χ0n) is 27.7.